The Morgan fingerprint density at radius 1 is 1.16 bits per heavy atom. The first-order valence-electron chi connectivity index (χ1n) is 8.57. The fourth-order valence-electron chi connectivity index (χ4n) is 2.73. The molecule has 0 aliphatic carbocycles. The Labute approximate surface area is 156 Å². The Hall–Kier alpha value is -1.76. The van der Waals surface area contributed by atoms with Crippen LogP contribution in [-0.4, -0.2) is 42.0 Å². The third kappa shape index (κ3) is 4.08. The van der Waals surface area contributed by atoms with Crippen LogP contribution in [0.25, 0.3) is 10.2 Å². The quantitative estimate of drug-likeness (QED) is 0.605. The van der Waals surface area contributed by atoms with Crippen LogP contribution in [0.15, 0.2) is 35.7 Å². The highest BCUT2D eigenvalue weighted by Crippen LogP contribution is 2.30. The van der Waals surface area contributed by atoms with Crippen LogP contribution in [-0.2, 0) is 0 Å². The van der Waals surface area contributed by atoms with Crippen molar-refractivity contribution in [2.24, 2.45) is 0 Å². The van der Waals surface area contributed by atoms with Gasteiger partial charge in [0.25, 0.3) is 5.91 Å². The summed E-state index contributed by atoms with van der Waals surface area (Å²) in [6.07, 6.45) is 0. The topological polar surface area (TPSA) is 36.4 Å². The second-order valence-electron chi connectivity index (χ2n) is 5.93. The highest BCUT2D eigenvalue weighted by Gasteiger charge is 2.22. The number of thiazole rings is 1. The standard InChI is InChI=1S/C19H23N3OS2/c1-4-21(5-2)10-11-22(18(23)16-7-6-12-24-16)19-20-15-9-8-14(3)13-17(15)25-19/h6-9,12-13H,4-5,10-11H2,1-3H3. The van der Waals surface area contributed by atoms with Crippen molar-refractivity contribution in [1.82, 2.24) is 9.88 Å². The lowest BCUT2D eigenvalue weighted by atomic mass is 10.2. The van der Waals surface area contributed by atoms with Crippen LogP contribution in [0, 0.1) is 6.92 Å². The molecule has 0 saturated heterocycles. The number of rotatable bonds is 7. The summed E-state index contributed by atoms with van der Waals surface area (Å²) in [6.45, 7) is 9.84. The van der Waals surface area contributed by atoms with Crippen LogP contribution < -0.4 is 4.90 Å². The number of nitrogens with zero attached hydrogens (tertiary/aromatic N) is 3. The summed E-state index contributed by atoms with van der Waals surface area (Å²) < 4.78 is 1.13. The Kier molecular flexibility index (Phi) is 5.83. The van der Waals surface area contributed by atoms with E-state index >= 15 is 0 Å². The lowest BCUT2D eigenvalue weighted by molar-refractivity contribution is 0.0987. The van der Waals surface area contributed by atoms with E-state index in [1.165, 1.54) is 16.9 Å². The lowest BCUT2D eigenvalue weighted by Gasteiger charge is -2.24. The van der Waals surface area contributed by atoms with Crippen LogP contribution in [0.4, 0.5) is 5.13 Å². The number of benzene rings is 1. The smallest absolute Gasteiger partial charge is 0.270 e. The van der Waals surface area contributed by atoms with Gasteiger partial charge < -0.3 is 4.90 Å². The zero-order chi connectivity index (χ0) is 17.8. The predicted molar refractivity (Wildman–Crippen MR) is 108 cm³/mol. The van der Waals surface area contributed by atoms with Gasteiger partial charge in [-0.15, -0.1) is 11.3 Å². The highest BCUT2D eigenvalue weighted by molar-refractivity contribution is 7.22. The summed E-state index contributed by atoms with van der Waals surface area (Å²) in [5, 5.41) is 2.73. The van der Waals surface area contributed by atoms with Gasteiger partial charge in [-0.1, -0.05) is 37.3 Å². The molecule has 0 aliphatic rings. The van der Waals surface area contributed by atoms with Crippen LogP contribution in [0.3, 0.4) is 0 Å². The van der Waals surface area contributed by atoms with E-state index in [4.69, 9.17) is 4.98 Å². The van der Waals surface area contributed by atoms with Crippen LogP contribution >= 0.6 is 22.7 Å². The molecule has 1 amide bonds. The van der Waals surface area contributed by atoms with Crippen LogP contribution in [0.5, 0.6) is 0 Å². The van der Waals surface area contributed by atoms with E-state index in [1.54, 1.807) is 11.3 Å². The van der Waals surface area contributed by atoms with Crippen molar-refractivity contribution in [3.05, 3.63) is 46.2 Å². The van der Waals surface area contributed by atoms with Gasteiger partial charge in [0.1, 0.15) is 0 Å². The van der Waals surface area contributed by atoms with E-state index in [-0.39, 0.29) is 5.91 Å². The van der Waals surface area contributed by atoms with Gasteiger partial charge in [-0.3, -0.25) is 9.69 Å². The molecule has 3 aromatic rings. The molecule has 0 aliphatic heterocycles. The van der Waals surface area contributed by atoms with Crippen molar-refractivity contribution in [2.45, 2.75) is 20.8 Å². The van der Waals surface area contributed by atoms with Crippen molar-refractivity contribution in [1.29, 1.82) is 0 Å². The molecule has 25 heavy (non-hydrogen) atoms. The number of carbonyl (C=O) groups excluding carboxylic acids is 1. The summed E-state index contributed by atoms with van der Waals surface area (Å²) >= 11 is 3.07. The second-order valence-corrected chi connectivity index (χ2v) is 7.89. The second kappa shape index (κ2) is 8.08. The molecule has 0 N–H and O–H groups in total. The van der Waals surface area contributed by atoms with Crippen molar-refractivity contribution in [3.63, 3.8) is 0 Å². The minimum atomic E-state index is 0.0398. The minimum Gasteiger partial charge on any atom is -0.302 e. The molecule has 2 heterocycles. The van der Waals surface area contributed by atoms with Crippen LogP contribution in [0.2, 0.25) is 0 Å². The van der Waals surface area contributed by atoms with Gasteiger partial charge in [0.15, 0.2) is 5.13 Å². The Balaban J connectivity index is 1.92. The van der Waals surface area contributed by atoms with E-state index in [0.29, 0.717) is 6.54 Å². The largest absolute Gasteiger partial charge is 0.302 e. The van der Waals surface area contributed by atoms with Gasteiger partial charge in [0, 0.05) is 13.1 Å². The Bertz CT molecular complexity index is 838. The number of likely N-dealkylation sites (N-methyl/N-ethyl adjacent to an activating group) is 1. The Morgan fingerprint density at radius 3 is 2.64 bits per heavy atom. The number of fused-ring (bicyclic) bond motifs is 1. The molecule has 0 spiro atoms. The van der Waals surface area contributed by atoms with E-state index in [0.717, 1.165) is 39.9 Å². The average molecular weight is 374 g/mol. The molecule has 6 heteroatoms. The number of amides is 1. The van der Waals surface area contributed by atoms with Gasteiger partial charge in [-0.25, -0.2) is 4.98 Å². The predicted octanol–water partition coefficient (Wildman–Crippen LogP) is 4.65. The van der Waals surface area contributed by atoms with Crippen molar-refractivity contribution < 1.29 is 4.79 Å². The lowest BCUT2D eigenvalue weighted by Crippen LogP contribution is -2.38. The van der Waals surface area contributed by atoms with E-state index in [9.17, 15) is 4.79 Å². The molecule has 0 atom stereocenters. The number of hydrogen-bond donors (Lipinski definition) is 0. The SMILES string of the molecule is CCN(CC)CCN(C(=O)c1cccs1)c1nc2ccc(C)cc2s1. The van der Waals surface area contributed by atoms with Crippen LogP contribution in [0.1, 0.15) is 29.1 Å². The highest BCUT2D eigenvalue weighted by atomic mass is 32.1. The van der Waals surface area contributed by atoms with Gasteiger partial charge in [-0.2, -0.15) is 0 Å². The first kappa shape index (κ1) is 18.0. The first-order chi connectivity index (χ1) is 12.1. The number of carbonyl (C=O) groups is 1. The summed E-state index contributed by atoms with van der Waals surface area (Å²) in [6, 6.07) is 10.0. The van der Waals surface area contributed by atoms with Gasteiger partial charge >= 0.3 is 0 Å². The maximum absolute atomic E-state index is 13.0. The maximum Gasteiger partial charge on any atom is 0.270 e. The van der Waals surface area contributed by atoms with E-state index in [1.807, 2.05) is 28.5 Å². The van der Waals surface area contributed by atoms with Gasteiger partial charge in [0.2, 0.25) is 0 Å². The number of anilines is 1. The van der Waals surface area contributed by atoms with E-state index < -0.39 is 0 Å². The zero-order valence-corrected chi connectivity index (χ0v) is 16.5. The van der Waals surface area contributed by atoms with Crippen molar-refractivity contribution in [3.8, 4) is 0 Å². The fourth-order valence-corrected chi connectivity index (χ4v) is 4.49. The zero-order valence-electron chi connectivity index (χ0n) is 14.9. The van der Waals surface area contributed by atoms with Crippen molar-refractivity contribution in [2.75, 3.05) is 31.1 Å². The Morgan fingerprint density at radius 2 is 1.96 bits per heavy atom. The number of aromatic nitrogens is 1. The molecule has 0 unspecified atom stereocenters. The molecule has 4 nitrogen and oxygen atoms in total. The third-order valence-corrected chi connectivity index (χ3v) is 6.17. The molecule has 132 valence electrons. The number of aryl methyl sites for hydroxylation is 1. The molecule has 1 aromatic carbocycles. The monoisotopic (exact) mass is 373 g/mol. The van der Waals surface area contributed by atoms with Crippen molar-refractivity contribution >= 4 is 43.9 Å². The van der Waals surface area contributed by atoms with Gasteiger partial charge in [-0.05, 0) is 49.2 Å². The third-order valence-electron chi connectivity index (χ3n) is 4.27. The number of hydrogen-bond acceptors (Lipinski definition) is 5. The molecule has 2 aromatic heterocycles. The minimum absolute atomic E-state index is 0.0398. The normalized spacial score (nSPS) is 11.4. The van der Waals surface area contributed by atoms with Gasteiger partial charge in [0.05, 0.1) is 15.1 Å². The number of thiophene rings is 1. The molecular weight excluding hydrogens is 350 g/mol. The summed E-state index contributed by atoms with van der Waals surface area (Å²) in [4.78, 5) is 22.7. The summed E-state index contributed by atoms with van der Waals surface area (Å²) in [5.74, 6) is 0.0398. The summed E-state index contributed by atoms with van der Waals surface area (Å²) in [5.41, 5.74) is 2.17. The molecular formula is C19H23N3OS2. The average Bonchev–Trinajstić information content (AvgIpc) is 3.27. The molecule has 0 saturated carbocycles. The first-order valence-corrected chi connectivity index (χ1v) is 10.3. The maximum atomic E-state index is 13.0. The molecule has 0 fully saturated rings. The summed E-state index contributed by atoms with van der Waals surface area (Å²) in [7, 11) is 0. The fraction of sp³-hybridized carbons (Fsp3) is 0.368. The molecule has 0 bridgehead atoms. The molecule has 3 rings (SSSR count). The van der Waals surface area contributed by atoms with E-state index in [2.05, 4.69) is 37.8 Å². The molecule has 0 radical (unpaired) electrons.